The molecular formula is C28H35F3N4O4S. The summed E-state index contributed by atoms with van der Waals surface area (Å²) in [6, 6.07) is 8.94. The minimum atomic E-state index is -4.72. The molecule has 40 heavy (non-hydrogen) atoms. The topological polar surface area (TPSA) is 93.7 Å². The Bertz CT molecular complexity index is 1180. The summed E-state index contributed by atoms with van der Waals surface area (Å²) in [4.78, 5) is 33.2. The van der Waals surface area contributed by atoms with Gasteiger partial charge >= 0.3 is 6.36 Å². The van der Waals surface area contributed by atoms with Gasteiger partial charge in [-0.2, -0.15) is 0 Å². The number of carbonyl (C=O) groups excluding carboxylic acids is 2. The number of hydrogen-bond acceptors (Lipinski definition) is 7. The van der Waals surface area contributed by atoms with Crippen LogP contribution in [0.25, 0.3) is 0 Å². The number of ether oxygens (including phenoxy) is 2. The van der Waals surface area contributed by atoms with E-state index in [2.05, 4.69) is 20.0 Å². The number of likely N-dealkylation sites (tertiary alicyclic amines) is 1. The Morgan fingerprint density at radius 2 is 1.80 bits per heavy atom. The van der Waals surface area contributed by atoms with Gasteiger partial charge in [-0.1, -0.05) is 26.8 Å². The van der Waals surface area contributed by atoms with Crippen molar-refractivity contribution in [1.29, 1.82) is 0 Å². The maximum absolute atomic E-state index is 12.2. The van der Waals surface area contributed by atoms with E-state index in [-0.39, 0.29) is 23.7 Å². The van der Waals surface area contributed by atoms with Crippen LogP contribution in [0.4, 0.5) is 13.2 Å². The molecule has 1 saturated heterocycles. The van der Waals surface area contributed by atoms with Gasteiger partial charge in [0.2, 0.25) is 5.91 Å². The molecule has 3 heterocycles. The summed E-state index contributed by atoms with van der Waals surface area (Å²) in [6.45, 7) is 9.35. The third-order valence-corrected chi connectivity index (χ3v) is 6.15. The second kappa shape index (κ2) is 16.4. The molecule has 0 saturated carbocycles. The highest BCUT2D eigenvalue weighted by Crippen LogP contribution is 2.27. The van der Waals surface area contributed by atoms with Crippen molar-refractivity contribution >= 4 is 23.2 Å². The Labute approximate surface area is 236 Å². The quantitative estimate of drug-likeness (QED) is 0.359. The number of nitrogens with zero attached hydrogens (tertiary/aromatic N) is 3. The van der Waals surface area contributed by atoms with Crippen LogP contribution < -0.4 is 14.8 Å². The standard InChI is InChI=1S/C15H18F3NO3.C11H11N3OS.C2H6/c1-2-14(20)19-8-6-11(7-9-19)21-12-4-3-5-13(10-12)22-15(16,17)18;1-8-4-9(2-3-12-8)11(15)13-5-10-6-16-7-14-10;1-2/h3-5,10-11H,2,6-9H2,1H3;2-4,6-7H,5H2,1H3,(H,13,15);1-2H3. The lowest BCUT2D eigenvalue weighted by Gasteiger charge is -2.32. The normalized spacial score (nSPS) is 13.2. The second-order valence-electron chi connectivity index (χ2n) is 8.42. The molecule has 0 bridgehead atoms. The summed E-state index contributed by atoms with van der Waals surface area (Å²) in [5.74, 6) is 0.0446. The largest absolute Gasteiger partial charge is 0.573 e. The summed E-state index contributed by atoms with van der Waals surface area (Å²) in [5.41, 5.74) is 4.09. The molecule has 1 aromatic carbocycles. The molecule has 0 radical (unpaired) electrons. The fourth-order valence-corrected chi connectivity index (χ4v) is 4.23. The van der Waals surface area contributed by atoms with E-state index in [4.69, 9.17) is 4.74 Å². The van der Waals surface area contributed by atoms with E-state index in [1.807, 2.05) is 33.1 Å². The zero-order valence-corrected chi connectivity index (χ0v) is 23.8. The Balaban J connectivity index is 0.000000275. The molecule has 2 aromatic heterocycles. The van der Waals surface area contributed by atoms with Gasteiger partial charge in [-0.15, -0.1) is 24.5 Å². The minimum absolute atomic E-state index is 0.0986. The molecular weight excluding hydrogens is 545 g/mol. The molecule has 1 fully saturated rings. The molecule has 4 rings (SSSR count). The molecule has 0 unspecified atom stereocenters. The smallest absolute Gasteiger partial charge is 0.490 e. The van der Waals surface area contributed by atoms with Crippen LogP contribution >= 0.6 is 11.3 Å². The number of aryl methyl sites for hydroxylation is 1. The van der Waals surface area contributed by atoms with Crippen LogP contribution in [0.15, 0.2) is 53.5 Å². The van der Waals surface area contributed by atoms with Gasteiger partial charge in [0.15, 0.2) is 0 Å². The molecule has 1 aliphatic heterocycles. The van der Waals surface area contributed by atoms with Crippen molar-refractivity contribution in [3.8, 4) is 11.5 Å². The van der Waals surface area contributed by atoms with E-state index in [0.29, 0.717) is 50.2 Å². The van der Waals surface area contributed by atoms with Crippen molar-refractivity contribution in [2.45, 2.75) is 66.0 Å². The number of hydrogen-bond donors (Lipinski definition) is 1. The number of aromatic nitrogens is 2. The number of nitrogens with one attached hydrogen (secondary N) is 1. The van der Waals surface area contributed by atoms with Crippen LogP contribution in [0, 0.1) is 6.92 Å². The molecule has 0 aliphatic carbocycles. The molecule has 3 aromatic rings. The lowest BCUT2D eigenvalue weighted by molar-refractivity contribution is -0.274. The predicted octanol–water partition coefficient (Wildman–Crippen LogP) is 6.17. The van der Waals surface area contributed by atoms with Gasteiger partial charge in [0.25, 0.3) is 5.91 Å². The van der Waals surface area contributed by atoms with Crippen molar-refractivity contribution in [3.05, 3.63) is 70.4 Å². The average molecular weight is 581 g/mol. The van der Waals surface area contributed by atoms with Crippen molar-refractivity contribution < 1.29 is 32.2 Å². The van der Waals surface area contributed by atoms with Crippen molar-refractivity contribution in [3.63, 3.8) is 0 Å². The Morgan fingerprint density at radius 1 is 1.10 bits per heavy atom. The lowest BCUT2D eigenvalue weighted by Crippen LogP contribution is -2.41. The molecule has 8 nitrogen and oxygen atoms in total. The predicted molar refractivity (Wildman–Crippen MR) is 147 cm³/mol. The average Bonchev–Trinajstić information content (AvgIpc) is 3.46. The number of thiazole rings is 1. The van der Waals surface area contributed by atoms with Crippen LogP contribution in [0.1, 0.15) is 61.8 Å². The zero-order valence-electron chi connectivity index (χ0n) is 23.0. The Hall–Kier alpha value is -3.67. The first-order valence-electron chi connectivity index (χ1n) is 13.0. The fraction of sp³-hybridized carbons (Fsp3) is 0.429. The Morgan fingerprint density at radius 3 is 2.40 bits per heavy atom. The van der Waals surface area contributed by atoms with E-state index >= 15 is 0 Å². The van der Waals surface area contributed by atoms with Crippen molar-refractivity contribution in [2.24, 2.45) is 0 Å². The highest BCUT2D eigenvalue weighted by atomic mass is 32.1. The van der Waals surface area contributed by atoms with Gasteiger partial charge in [0, 0.05) is 61.3 Å². The van der Waals surface area contributed by atoms with E-state index in [0.717, 1.165) is 11.4 Å². The number of alkyl halides is 3. The van der Waals surface area contributed by atoms with E-state index in [1.165, 1.54) is 29.5 Å². The van der Waals surface area contributed by atoms with Crippen molar-refractivity contribution in [1.82, 2.24) is 20.2 Å². The van der Waals surface area contributed by atoms with Gasteiger partial charge in [0.1, 0.15) is 17.6 Å². The van der Waals surface area contributed by atoms with Gasteiger partial charge in [-0.3, -0.25) is 14.6 Å². The maximum atomic E-state index is 12.2. The number of pyridine rings is 1. The maximum Gasteiger partial charge on any atom is 0.573 e. The lowest BCUT2D eigenvalue weighted by atomic mass is 10.1. The van der Waals surface area contributed by atoms with Gasteiger partial charge in [-0.05, 0) is 31.2 Å². The summed E-state index contributed by atoms with van der Waals surface area (Å²) < 4.78 is 46.1. The first kappa shape index (κ1) is 32.5. The third-order valence-electron chi connectivity index (χ3n) is 5.51. The zero-order chi connectivity index (χ0) is 29.5. The molecule has 0 spiro atoms. The Kier molecular flexibility index (Phi) is 13.4. The highest BCUT2D eigenvalue weighted by molar-refractivity contribution is 7.07. The number of piperidine rings is 1. The molecule has 12 heteroatoms. The van der Waals surface area contributed by atoms with Crippen LogP contribution in [0.5, 0.6) is 11.5 Å². The van der Waals surface area contributed by atoms with Gasteiger partial charge in [-0.25, -0.2) is 4.98 Å². The van der Waals surface area contributed by atoms with Crippen LogP contribution in [-0.4, -0.2) is 52.2 Å². The van der Waals surface area contributed by atoms with Crippen LogP contribution in [0.3, 0.4) is 0 Å². The van der Waals surface area contributed by atoms with E-state index < -0.39 is 6.36 Å². The third kappa shape index (κ3) is 11.6. The molecule has 1 aliphatic rings. The SMILES string of the molecule is CC.CCC(=O)N1CCC(Oc2cccc(OC(F)(F)F)c2)CC1.Cc1cc(C(=O)NCc2cscn2)ccn1. The summed E-state index contributed by atoms with van der Waals surface area (Å²) in [6.07, 6.45) is -1.39. The summed E-state index contributed by atoms with van der Waals surface area (Å²) in [7, 11) is 0. The number of halogens is 3. The van der Waals surface area contributed by atoms with E-state index in [9.17, 15) is 22.8 Å². The number of rotatable bonds is 7. The van der Waals surface area contributed by atoms with Crippen molar-refractivity contribution in [2.75, 3.05) is 13.1 Å². The van der Waals surface area contributed by atoms with Crippen LogP contribution in [0.2, 0.25) is 0 Å². The summed E-state index contributed by atoms with van der Waals surface area (Å²) >= 11 is 1.52. The first-order valence-corrected chi connectivity index (χ1v) is 14.0. The second-order valence-corrected chi connectivity index (χ2v) is 9.14. The number of amides is 2. The molecule has 0 atom stereocenters. The monoisotopic (exact) mass is 580 g/mol. The van der Waals surface area contributed by atoms with Gasteiger partial charge < -0.3 is 19.7 Å². The molecule has 2 amide bonds. The number of carbonyl (C=O) groups is 2. The summed E-state index contributed by atoms with van der Waals surface area (Å²) in [5, 5.41) is 4.72. The van der Waals surface area contributed by atoms with Crippen LogP contribution in [-0.2, 0) is 11.3 Å². The highest BCUT2D eigenvalue weighted by Gasteiger charge is 2.31. The molecule has 218 valence electrons. The number of benzene rings is 1. The minimum Gasteiger partial charge on any atom is -0.490 e. The first-order chi connectivity index (χ1) is 19.1. The van der Waals surface area contributed by atoms with Gasteiger partial charge in [0.05, 0.1) is 17.7 Å². The molecule has 1 N–H and O–H groups in total. The van der Waals surface area contributed by atoms with E-state index in [1.54, 1.807) is 34.8 Å². The fourth-order valence-electron chi connectivity index (χ4n) is 3.67.